The molecule has 0 aliphatic heterocycles. The number of carboxylic acids is 1. The van der Waals surface area contributed by atoms with E-state index in [1.54, 1.807) is 0 Å². The van der Waals surface area contributed by atoms with E-state index in [0.29, 0.717) is 17.4 Å². The second-order valence-corrected chi connectivity index (χ2v) is 23.0. The highest BCUT2D eigenvalue weighted by atomic mass is 16.7. The van der Waals surface area contributed by atoms with Crippen LogP contribution >= 0.6 is 0 Å². The van der Waals surface area contributed by atoms with Gasteiger partial charge in [0.25, 0.3) is 0 Å². The number of hydrogen-bond donors (Lipinski definition) is 0. The lowest BCUT2D eigenvalue weighted by molar-refractivity contribution is -0.870. The van der Waals surface area contributed by atoms with E-state index in [1.807, 2.05) is 21.1 Å². The van der Waals surface area contributed by atoms with Gasteiger partial charge in [0, 0.05) is 12.8 Å². The Kier molecular flexibility index (Phi) is 57.9. The monoisotopic (exact) mass is 1110 g/mol. The number of aliphatic carboxylic acids is 1. The molecule has 2 unspecified atom stereocenters. The number of carbonyl (C=O) groups is 3. The molecule has 456 valence electrons. The van der Waals surface area contributed by atoms with E-state index in [-0.39, 0.29) is 38.6 Å². The molecule has 0 aromatic heterocycles. The van der Waals surface area contributed by atoms with Gasteiger partial charge in [-0.3, -0.25) is 9.59 Å². The normalized spacial score (nSPS) is 13.3. The molecule has 0 N–H and O–H groups in total. The number of ether oxygens (including phenoxy) is 4. The number of carbonyl (C=O) groups excluding carboxylic acids is 3. The van der Waals surface area contributed by atoms with Crippen molar-refractivity contribution in [2.24, 2.45) is 0 Å². The Balaban J connectivity index is 4.06. The smallest absolute Gasteiger partial charge is 0.306 e. The van der Waals surface area contributed by atoms with E-state index in [0.717, 1.165) is 83.5 Å². The van der Waals surface area contributed by atoms with Gasteiger partial charge in [0.05, 0.1) is 40.3 Å². The standard InChI is InChI=1S/C70H123NO8/c1-6-8-10-12-14-16-18-20-22-24-25-26-27-28-29-30-31-32-33-34-35-36-37-38-39-40-41-42-43-45-47-49-51-53-55-57-59-61-68(73)79-66(65-78-70(69(74)75)76-63-62-71(3,4)5)64-77-67(72)60-58-56-54-52-50-48-46-44-23-21-19-17-15-13-11-9-7-2/h8,10,14,16,20-23,25-26,28-29,31-32,66,70H,6-7,9,11-13,15,17-19,24,27,30,33-65H2,1-5H3/b10-8-,16-14-,22-20-,23-21-,26-25-,29-28-,32-31-. The molecule has 0 bridgehead atoms. The molecule has 0 saturated heterocycles. The molecule has 0 saturated carbocycles. The van der Waals surface area contributed by atoms with Gasteiger partial charge in [-0.25, -0.2) is 0 Å². The van der Waals surface area contributed by atoms with Crippen molar-refractivity contribution in [1.29, 1.82) is 0 Å². The van der Waals surface area contributed by atoms with Crippen LogP contribution in [0.1, 0.15) is 284 Å². The topological polar surface area (TPSA) is 111 Å². The fraction of sp³-hybridized carbons (Fsp3) is 0.757. The number of nitrogens with zero attached hydrogens (tertiary/aromatic N) is 1. The first-order valence-corrected chi connectivity index (χ1v) is 32.7. The lowest BCUT2D eigenvalue weighted by Crippen LogP contribution is -2.44. The molecule has 0 aliphatic rings. The second-order valence-electron chi connectivity index (χ2n) is 23.0. The molecular formula is C70H123NO8. The van der Waals surface area contributed by atoms with Crippen LogP contribution in [0.2, 0.25) is 0 Å². The molecule has 2 atom stereocenters. The summed E-state index contributed by atoms with van der Waals surface area (Å²) in [5, 5.41) is 11.8. The summed E-state index contributed by atoms with van der Waals surface area (Å²) in [6, 6.07) is 0. The maximum absolute atomic E-state index is 12.9. The number of esters is 2. The summed E-state index contributed by atoms with van der Waals surface area (Å²) in [6.07, 6.45) is 78.0. The Morgan fingerprint density at radius 1 is 0.392 bits per heavy atom. The van der Waals surface area contributed by atoms with Crippen molar-refractivity contribution in [1.82, 2.24) is 0 Å². The van der Waals surface area contributed by atoms with Crippen LogP contribution in [0.5, 0.6) is 0 Å². The Hall–Kier alpha value is -3.53. The van der Waals surface area contributed by atoms with Crippen molar-refractivity contribution >= 4 is 17.9 Å². The third kappa shape index (κ3) is 61.9. The number of hydrogen-bond acceptors (Lipinski definition) is 8. The minimum Gasteiger partial charge on any atom is -0.545 e. The van der Waals surface area contributed by atoms with Crippen LogP contribution in [0.3, 0.4) is 0 Å². The molecule has 0 aromatic carbocycles. The first-order valence-electron chi connectivity index (χ1n) is 32.7. The third-order valence-electron chi connectivity index (χ3n) is 14.1. The number of unbranched alkanes of at least 4 members (excludes halogenated alkanes) is 31. The molecule has 0 amide bonds. The van der Waals surface area contributed by atoms with Gasteiger partial charge in [0.1, 0.15) is 13.2 Å². The number of likely N-dealkylation sites (N-methyl/N-ethyl adjacent to an activating group) is 1. The van der Waals surface area contributed by atoms with Crippen molar-refractivity contribution in [3.05, 3.63) is 85.1 Å². The molecule has 9 heteroatoms. The molecule has 9 nitrogen and oxygen atoms in total. The number of quaternary nitrogens is 1. The van der Waals surface area contributed by atoms with Crippen molar-refractivity contribution in [3.8, 4) is 0 Å². The zero-order valence-electron chi connectivity index (χ0n) is 52.0. The van der Waals surface area contributed by atoms with Crippen LogP contribution in [0.15, 0.2) is 85.1 Å². The Morgan fingerprint density at radius 2 is 0.722 bits per heavy atom. The van der Waals surface area contributed by atoms with Gasteiger partial charge < -0.3 is 33.3 Å². The fourth-order valence-electron chi connectivity index (χ4n) is 9.12. The van der Waals surface area contributed by atoms with Gasteiger partial charge in [-0.1, -0.05) is 266 Å². The van der Waals surface area contributed by atoms with Crippen molar-refractivity contribution in [2.45, 2.75) is 296 Å². The van der Waals surface area contributed by atoms with E-state index in [4.69, 9.17) is 18.9 Å². The summed E-state index contributed by atoms with van der Waals surface area (Å²) in [6.45, 7) is 4.65. The average Bonchev–Trinajstić information content (AvgIpc) is 3.42. The summed E-state index contributed by atoms with van der Waals surface area (Å²) in [5.74, 6) is -2.28. The van der Waals surface area contributed by atoms with E-state index < -0.39 is 24.3 Å². The largest absolute Gasteiger partial charge is 0.545 e. The Morgan fingerprint density at radius 3 is 1.09 bits per heavy atom. The van der Waals surface area contributed by atoms with Gasteiger partial charge in [-0.2, -0.15) is 0 Å². The summed E-state index contributed by atoms with van der Waals surface area (Å²) in [5.41, 5.74) is 0. The first-order chi connectivity index (χ1) is 38.6. The molecule has 0 aromatic rings. The van der Waals surface area contributed by atoms with Crippen molar-refractivity contribution < 1.29 is 42.9 Å². The van der Waals surface area contributed by atoms with E-state index in [9.17, 15) is 19.5 Å². The zero-order chi connectivity index (χ0) is 57.6. The molecule has 0 fully saturated rings. The van der Waals surface area contributed by atoms with Crippen LogP contribution in [0.4, 0.5) is 0 Å². The predicted octanol–water partition coefficient (Wildman–Crippen LogP) is 18.6. The summed E-state index contributed by atoms with van der Waals surface area (Å²) < 4.78 is 22.7. The minimum atomic E-state index is -1.62. The summed E-state index contributed by atoms with van der Waals surface area (Å²) in [4.78, 5) is 37.4. The van der Waals surface area contributed by atoms with Gasteiger partial charge in [0.2, 0.25) is 0 Å². The van der Waals surface area contributed by atoms with E-state index in [1.165, 1.54) is 167 Å². The maximum Gasteiger partial charge on any atom is 0.306 e. The minimum absolute atomic E-state index is 0.146. The molecule has 0 heterocycles. The fourth-order valence-corrected chi connectivity index (χ4v) is 9.12. The molecule has 0 rings (SSSR count). The molecule has 0 spiro atoms. The maximum atomic E-state index is 12.9. The highest BCUT2D eigenvalue weighted by Crippen LogP contribution is 2.17. The molecular weight excluding hydrogens is 983 g/mol. The van der Waals surface area contributed by atoms with Crippen molar-refractivity contribution in [3.63, 3.8) is 0 Å². The van der Waals surface area contributed by atoms with E-state index in [2.05, 4.69) is 98.9 Å². The van der Waals surface area contributed by atoms with Crippen LogP contribution < -0.4 is 5.11 Å². The zero-order valence-corrected chi connectivity index (χ0v) is 52.0. The number of rotatable bonds is 60. The van der Waals surface area contributed by atoms with Crippen LogP contribution in [0.25, 0.3) is 0 Å². The van der Waals surface area contributed by atoms with E-state index >= 15 is 0 Å². The average molecular weight is 1110 g/mol. The Labute approximate surface area is 487 Å². The van der Waals surface area contributed by atoms with Crippen LogP contribution in [-0.2, 0) is 33.3 Å². The quantitative estimate of drug-likeness (QED) is 0.0195. The third-order valence-corrected chi connectivity index (χ3v) is 14.1. The van der Waals surface area contributed by atoms with Gasteiger partial charge in [-0.15, -0.1) is 0 Å². The molecule has 0 radical (unpaired) electrons. The lowest BCUT2D eigenvalue weighted by atomic mass is 10.0. The number of carboxylic acid groups (broad SMARTS) is 1. The highest BCUT2D eigenvalue weighted by Gasteiger charge is 2.22. The SMILES string of the molecule is CC/C=C\C/C=C\C/C=C\C/C=C\C/C=C\C/C=C\CCCCCCCCCCCCCCCCCCCCC(=O)OC(COC(=O)CCCCCCCCC/C=C\CCCCCCCC)COC(OCC[N+](C)(C)C)C(=O)[O-]. The Bertz CT molecular complexity index is 1570. The van der Waals surface area contributed by atoms with Crippen LogP contribution in [0, 0.1) is 0 Å². The van der Waals surface area contributed by atoms with Gasteiger partial charge in [0.15, 0.2) is 12.4 Å². The number of allylic oxidation sites excluding steroid dienone is 14. The first kappa shape index (κ1) is 75.5. The van der Waals surface area contributed by atoms with Gasteiger partial charge >= 0.3 is 11.9 Å². The summed E-state index contributed by atoms with van der Waals surface area (Å²) in [7, 11) is 5.93. The van der Waals surface area contributed by atoms with Gasteiger partial charge in [-0.05, 0) is 89.9 Å². The van der Waals surface area contributed by atoms with Crippen LogP contribution in [-0.4, -0.2) is 82.3 Å². The molecule has 0 aliphatic carbocycles. The predicted molar refractivity (Wildman–Crippen MR) is 334 cm³/mol. The summed E-state index contributed by atoms with van der Waals surface area (Å²) >= 11 is 0. The highest BCUT2D eigenvalue weighted by molar-refractivity contribution is 5.70. The lowest BCUT2D eigenvalue weighted by Gasteiger charge is -2.26. The molecule has 79 heavy (non-hydrogen) atoms. The van der Waals surface area contributed by atoms with Crippen molar-refractivity contribution in [2.75, 3.05) is 47.5 Å². The second kappa shape index (κ2) is 60.6.